The Balaban J connectivity index is 0.00000512. The third-order valence-electron chi connectivity index (χ3n) is 5.97. The van der Waals surface area contributed by atoms with Crippen molar-refractivity contribution in [2.45, 2.75) is 71.8 Å². The summed E-state index contributed by atoms with van der Waals surface area (Å²) >= 11 is 0. The van der Waals surface area contributed by atoms with Gasteiger partial charge in [-0.05, 0) is 71.6 Å². The first-order chi connectivity index (χ1) is 14.7. The van der Waals surface area contributed by atoms with E-state index in [2.05, 4.69) is 22.5 Å². The van der Waals surface area contributed by atoms with E-state index in [-0.39, 0.29) is 36.0 Å². The Morgan fingerprint density at radius 2 is 1.75 bits per heavy atom. The van der Waals surface area contributed by atoms with E-state index in [1.165, 1.54) is 0 Å². The molecule has 0 bridgehead atoms. The van der Waals surface area contributed by atoms with Crippen LogP contribution in [0.15, 0.2) is 4.99 Å². The zero-order valence-corrected chi connectivity index (χ0v) is 22.9. The first-order valence-electron chi connectivity index (χ1n) is 11.9. The number of rotatable bonds is 6. The number of halogens is 1. The van der Waals surface area contributed by atoms with Gasteiger partial charge in [-0.2, -0.15) is 0 Å². The second-order valence-electron chi connectivity index (χ2n) is 9.77. The summed E-state index contributed by atoms with van der Waals surface area (Å²) in [6.45, 7) is 12.8. The molecule has 0 aromatic carbocycles. The van der Waals surface area contributed by atoms with Crippen LogP contribution in [-0.2, 0) is 9.53 Å². The number of carbonyl (C=O) groups excluding carboxylic acids is 2. The van der Waals surface area contributed by atoms with Gasteiger partial charge < -0.3 is 25.2 Å². The second-order valence-corrected chi connectivity index (χ2v) is 9.77. The van der Waals surface area contributed by atoms with Crippen molar-refractivity contribution in [1.29, 1.82) is 0 Å². The lowest BCUT2D eigenvalue weighted by molar-refractivity contribution is -0.121. The van der Waals surface area contributed by atoms with Crippen molar-refractivity contribution in [3.05, 3.63) is 0 Å². The number of hydrogen-bond acceptors (Lipinski definition) is 4. The van der Waals surface area contributed by atoms with E-state index >= 15 is 0 Å². The van der Waals surface area contributed by atoms with E-state index in [0.29, 0.717) is 18.3 Å². The van der Waals surface area contributed by atoms with E-state index < -0.39 is 5.60 Å². The molecule has 0 radical (unpaired) electrons. The lowest BCUT2D eigenvalue weighted by Crippen LogP contribution is -2.46. The quantitative estimate of drug-likeness (QED) is 0.293. The number of likely N-dealkylation sites (tertiary alicyclic amines) is 2. The predicted molar refractivity (Wildman–Crippen MR) is 140 cm³/mol. The number of nitrogens with one attached hydrogen (secondary N) is 2. The van der Waals surface area contributed by atoms with Crippen molar-refractivity contribution >= 4 is 41.9 Å². The fraction of sp³-hybridized carbons (Fsp3) is 0.870. The smallest absolute Gasteiger partial charge is 0.410 e. The molecule has 0 saturated carbocycles. The zero-order chi connectivity index (χ0) is 22.9. The minimum absolute atomic E-state index is 0. The van der Waals surface area contributed by atoms with Crippen LogP contribution in [0.5, 0.6) is 0 Å². The van der Waals surface area contributed by atoms with Gasteiger partial charge in [0.25, 0.3) is 0 Å². The highest BCUT2D eigenvalue weighted by Crippen LogP contribution is 2.23. The van der Waals surface area contributed by atoms with Gasteiger partial charge in [0.15, 0.2) is 5.96 Å². The molecular formula is C23H44IN5O3. The summed E-state index contributed by atoms with van der Waals surface area (Å²) < 4.78 is 5.54. The summed E-state index contributed by atoms with van der Waals surface area (Å²) in [7, 11) is 1.70. The van der Waals surface area contributed by atoms with Crippen molar-refractivity contribution in [3.63, 3.8) is 0 Å². The van der Waals surface area contributed by atoms with Crippen molar-refractivity contribution in [2.75, 3.05) is 46.3 Å². The number of ether oxygens (including phenoxy) is 1. The number of carbonyl (C=O) groups is 2. The van der Waals surface area contributed by atoms with Gasteiger partial charge in [-0.3, -0.25) is 9.79 Å². The summed E-state index contributed by atoms with van der Waals surface area (Å²) in [4.78, 5) is 33.1. The maximum atomic E-state index is 12.4. The highest BCUT2D eigenvalue weighted by Gasteiger charge is 2.28. The topological polar surface area (TPSA) is 86.3 Å². The fourth-order valence-electron chi connectivity index (χ4n) is 4.28. The largest absolute Gasteiger partial charge is 0.444 e. The van der Waals surface area contributed by atoms with E-state index in [1.54, 1.807) is 7.05 Å². The maximum absolute atomic E-state index is 12.4. The monoisotopic (exact) mass is 565 g/mol. The summed E-state index contributed by atoms with van der Waals surface area (Å²) in [6, 6.07) is 0. The lowest BCUT2D eigenvalue weighted by atomic mass is 9.93. The lowest BCUT2D eigenvalue weighted by Gasteiger charge is -2.35. The molecular weight excluding hydrogens is 521 g/mol. The predicted octanol–water partition coefficient (Wildman–Crippen LogP) is 3.46. The molecule has 32 heavy (non-hydrogen) atoms. The molecule has 9 heteroatoms. The van der Waals surface area contributed by atoms with Gasteiger partial charge in [0.2, 0.25) is 5.91 Å². The molecule has 2 rings (SSSR count). The van der Waals surface area contributed by atoms with E-state index in [9.17, 15) is 9.59 Å². The average Bonchev–Trinajstić information content (AvgIpc) is 2.72. The Morgan fingerprint density at radius 1 is 1.06 bits per heavy atom. The standard InChI is InChI=1S/C23H43N5O3.HI/c1-6-25-21(27-14-10-18(11-15-27)16-20(29)24-5)26-12-9-19-8-7-13-28(17-19)22(30)31-23(2,3)4;/h18-19H,6-17H2,1-5H3,(H,24,29)(H,25,26);1H. The molecule has 8 nitrogen and oxygen atoms in total. The van der Waals surface area contributed by atoms with Crippen LogP contribution in [0.1, 0.15) is 66.2 Å². The van der Waals surface area contributed by atoms with E-state index in [1.807, 2.05) is 25.7 Å². The number of aliphatic imine (C=N–C) groups is 1. The molecule has 2 aliphatic rings. The summed E-state index contributed by atoms with van der Waals surface area (Å²) in [5.41, 5.74) is -0.456. The molecule has 2 amide bonds. The number of guanidine groups is 1. The average molecular weight is 566 g/mol. The van der Waals surface area contributed by atoms with E-state index in [4.69, 9.17) is 9.73 Å². The maximum Gasteiger partial charge on any atom is 0.410 e. The molecule has 2 heterocycles. The minimum atomic E-state index is -0.456. The van der Waals surface area contributed by atoms with E-state index in [0.717, 1.165) is 77.3 Å². The third-order valence-corrected chi connectivity index (χ3v) is 5.97. The normalized spacial score (nSPS) is 20.4. The van der Waals surface area contributed by atoms with Crippen LogP contribution in [0.2, 0.25) is 0 Å². The van der Waals surface area contributed by atoms with Gasteiger partial charge in [0, 0.05) is 52.7 Å². The van der Waals surface area contributed by atoms with Crippen molar-refractivity contribution in [2.24, 2.45) is 16.8 Å². The van der Waals surface area contributed by atoms with Gasteiger partial charge in [0.1, 0.15) is 5.60 Å². The molecule has 2 aliphatic heterocycles. The van der Waals surface area contributed by atoms with Crippen LogP contribution in [0, 0.1) is 11.8 Å². The number of piperidine rings is 2. The van der Waals surface area contributed by atoms with Gasteiger partial charge in [-0.15, -0.1) is 24.0 Å². The molecule has 0 aromatic heterocycles. The van der Waals surface area contributed by atoms with Gasteiger partial charge in [0.05, 0.1) is 0 Å². The second kappa shape index (κ2) is 14.1. The van der Waals surface area contributed by atoms with Crippen LogP contribution in [0.3, 0.4) is 0 Å². The third kappa shape index (κ3) is 10.1. The van der Waals surface area contributed by atoms with Crippen LogP contribution < -0.4 is 10.6 Å². The first-order valence-corrected chi connectivity index (χ1v) is 11.9. The van der Waals surface area contributed by atoms with Crippen molar-refractivity contribution in [3.8, 4) is 0 Å². The van der Waals surface area contributed by atoms with Crippen molar-refractivity contribution < 1.29 is 14.3 Å². The number of amides is 2. The zero-order valence-electron chi connectivity index (χ0n) is 20.6. The Morgan fingerprint density at radius 3 is 2.34 bits per heavy atom. The molecule has 1 atom stereocenters. The highest BCUT2D eigenvalue weighted by atomic mass is 127. The summed E-state index contributed by atoms with van der Waals surface area (Å²) in [5.74, 6) is 2.03. The van der Waals surface area contributed by atoms with Crippen LogP contribution in [0.25, 0.3) is 0 Å². The molecule has 0 aliphatic carbocycles. The van der Waals surface area contributed by atoms with Gasteiger partial charge in [-0.25, -0.2) is 4.79 Å². The summed E-state index contributed by atoms with van der Waals surface area (Å²) in [6.07, 6.45) is 5.59. The molecule has 2 saturated heterocycles. The highest BCUT2D eigenvalue weighted by molar-refractivity contribution is 14.0. The Kier molecular flexibility index (Phi) is 12.7. The van der Waals surface area contributed by atoms with Gasteiger partial charge in [-0.1, -0.05) is 0 Å². The number of hydrogen-bond donors (Lipinski definition) is 2. The Hall–Kier alpha value is -1.26. The molecule has 2 fully saturated rings. The van der Waals surface area contributed by atoms with Crippen LogP contribution >= 0.6 is 24.0 Å². The molecule has 2 N–H and O–H groups in total. The summed E-state index contributed by atoms with van der Waals surface area (Å²) in [5, 5.41) is 6.15. The van der Waals surface area contributed by atoms with Crippen LogP contribution in [-0.4, -0.2) is 79.7 Å². The number of nitrogens with zero attached hydrogens (tertiary/aromatic N) is 3. The van der Waals surface area contributed by atoms with Gasteiger partial charge >= 0.3 is 6.09 Å². The van der Waals surface area contributed by atoms with Crippen molar-refractivity contribution in [1.82, 2.24) is 20.4 Å². The fourth-order valence-corrected chi connectivity index (χ4v) is 4.28. The molecule has 186 valence electrons. The van der Waals surface area contributed by atoms with Crippen LogP contribution in [0.4, 0.5) is 4.79 Å². The molecule has 1 unspecified atom stereocenters. The molecule has 0 spiro atoms. The first kappa shape index (κ1) is 28.8. The minimum Gasteiger partial charge on any atom is -0.444 e. The molecule has 0 aromatic rings. The SMILES string of the molecule is CCNC(=NCCC1CCCN(C(=O)OC(C)(C)C)C1)N1CCC(CC(=O)NC)CC1.I. The Labute approximate surface area is 211 Å². The Bertz CT molecular complexity index is 615.